The minimum atomic E-state index is -0.283. The molecular formula is C55H38N2O2. The monoisotopic (exact) mass is 758 g/mol. The van der Waals surface area contributed by atoms with Crippen LogP contribution in [0.5, 0.6) is 0 Å². The lowest BCUT2D eigenvalue weighted by atomic mass is 9.82. The molecule has 11 aromatic rings. The van der Waals surface area contributed by atoms with Crippen LogP contribution < -0.4 is 9.80 Å². The van der Waals surface area contributed by atoms with Crippen LogP contribution in [-0.2, 0) is 5.41 Å². The molecule has 0 N–H and O–H groups in total. The molecule has 4 heteroatoms. The van der Waals surface area contributed by atoms with Crippen LogP contribution in [0.1, 0.15) is 25.0 Å². The Morgan fingerprint density at radius 1 is 0.339 bits per heavy atom. The van der Waals surface area contributed by atoms with Gasteiger partial charge in [0.25, 0.3) is 0 Å². The smallest absolute Gasteiger partial charge is 0.137 e. The van der Waals surface area contributed by atoms with Crippen LogP contribution in [0.25, 0.3) is 65.8 Å². The van der Waals surface area contributed by atoms with E-state index in [4.69, 9.17) is 8.83 Å². The van der Waals surface area contributed by atoms with Gasteiger partial charge in [0.2, 0.25) is 0 Å². The predicted molar refractivity (Wildman–Crippen MR) is 245 cm³/mol. The second-order valence-electron chi connectivity index (χ2n) is 16.1. The Kier molecular flexibility index (Phi) is 7.24. The molecule has 9 aromatic carbocycles. The summed E-state index contributed by atoms with van der Waals surface area (Å²) in [7, 11) is 0. The zero-order valence-electron chi connectivity index (χ0n) is 32.7. The molecule has 0 radical (unpaired) electrons. The SMILES string of the molecule is CC1(C)c2cc(N(c3ccc4c(c3)oc3ccccc34)c3ccc4c(c3)oc3ccccc34)ccc2-c2ccc(N(c3ccccc3)c3cccc4ccccc34)cc21. The molecule has 0 spiro atoms. The van der Waals surface area contributed by atoms with E-state index in [9.17, 15) is 0 Å². The first-order chi connectivity index (χ1) is 29.0. The molecular weight excluding hydrogens is 721 g/mol. The predicted octanol–water partition coefficient (Wildman–Crippen LogP) is 15.9. The highest BCUT2D eigenvalue weighted by atomic mass is 16.3. The molecule has 280 valence electrons. The van der Waals surface area contributed by atoms with E-state index in [0.717, 1.165) is 78.0 Å². The number of benzene rings is 9. The van der Waals surface area contributed by atoms with Gasteiger partial charge in [-0.2, -0.15) is 0 Å². The van der Waals surface area contributed by atoms with Crippen molar-refractivity contribution in [1.82, 2.24) is 0 Å². The number of fused-ring (bicyclic) bond motifs is 10. The van der Waals surface area contributed by atoms with Crippen LogP contribution >= 0.6 is 0 Å². The normalized spacial score (nSPS) is 13.1. The maximum absolute atomic E-state index is 6.44. The number of furan rings is 2. The third kappa shape index (κ3) is 5.16. The summed E-state index contributed by atoms with van der Waals surface area (Å²) in [4.78, 5) is 4.74. The fourth-order valence-electron chi connectivity index (χ4n) is 9.55. The summed E-state index contributed by atoms with van der Waals surface area (Å²) in [5, 5.41) is 6.88. The molecule has 2 aromatic heterocycles. The molecule has 0 aliphatic heterocycles. The van der Waals surface area contributed by atoms with Gasteiger partial charge in [-0.05, 0) is 107 Å². The Hall–Kier alpha value is -7.56. The van der Waals surface area contributed by atoms with Crippen molar-refractivity contribution in [2.24, 2.45) is 0 Å². The molecule has 0 atom stereocenters. The zero-order chi connectivity index (χ0) is 39.2. The molecule has 0 fully saturated rings. The van der Waals surface area contributed by atoms with Crippen molar-refractivity contribution < 1.29 is 8.83 Å². The van der Waals surface area contributed by atoms with Gasteiger partial charge in [0.05, 0.1) is 5.69 Å². The molecule has 4 nitrogen and oxygen atoms in total. The van der Waals surface area contributed by atoms with Crippen molar-refractivity contribution in [3.8, 4) is 11.1 Å². The second kappa shape index (κ2) is 12.7. The van der Waals surface area contributed by atoms with Crippen LogP contribution in [0, 0.1) is 0 Å². The van der Waals surface area contributed by atoms with E-state index >= 15 is 0 Å². The van der Waals surface area contributed by atoms with E-state index in [1.807, 2.05) is 24.3 Å². The van der Waals surface area contributed by atoms with Crippen LogP contribution in [0.4, 0.5) is 34.1 Å². The Labute approximate surface area is 341 Å². The molecule has 0 saturated carbocycles. The summed E-state index contributed by atoms with van der Waals surface area (Å²) in [5.41, 5.74) is 14.8. The van der Waals surface area contributed by atoms with Crippen LogP contribution in [0.15, 0.2) is 203 Å². The zero-order valence-corrected chi connectivity index (χ0v) is 32.7. The van der Waals surface area contributed by atoms with Crippen molar-refractivity contribution in [2.45, 2.75) is 19.3 Å². The van der Waals surface area contributed by atoms with Gasteiger partial charge in [0.1, 0.15) is 22.3 Å². The fourth-order valence-corrected chi connectivity index (χ4v) is 9.55. The van der Waals surface area contributed by atoms with Crippen molar-refractivity contribution >= 4 is 88.8 Å². The van der Waals surface area contributed by atoms with E-state index in [1.54, 1.807) is 0 Å². The first-order valence-electron chi connectivity index (χ1n) is 20.2. The molecule has 12 rings (SSSR count). The Bertz CT molecular complexity index is 3330. The molecule has 0 saturated heterocycles. The van der Waals surface area contributed by atoms with Crippen molar-refractivity contribution in [3.63, 3.8) is 0 Å². The highest BCUT2D eigenvalue weighted by Gasteiger charge is 2.37. The van der Waals surface area contributed by atoms with Gasteiger partial charge in [0.15, 0.2) is 0 Å². The molecule has 59 heavy (non-hydrogen) atoms. The molecule has 0 bridgehead atoms. The van der Waals surface area contributed by atoms with Crippen molar-refractivity contribution in [1.29, 1.82) is 0 Å². The largest absolute Gasteiger partial charge is 0.456 e. The molecule has 1 aliphatic rings. The van der Waals surface area contributed by atoms with E-state index in [1.165, 1.54) is 33.0 Å². The summed E-state index contributed by atoms with van der Waals surface area (Å²) in [5.74, 6) is 0. The van der Waals surface area contributed by atoms with Crippen LogP contribution in [-0.4, -0.2) is 0 Å². The van der Waals surface area contributed by atoms with E-state index in [0.29, 0.717) is 0 Å². The van der Waals surface area contributed by atoms with Gasteiger partial charge < -0.3 is 18.6 Å². The average molecular weight is 759 g/mol. The van der Waals surface area contributed by atoms with Gasteiger partial charge in [-0.1, -0.05) is 117 Å². The van der Waals surface area contributed by atoms with Crippen LogP contribution in [0.2, 0.25) is 0 Å². The Morgan fingerprint density at radius 2 is 0.797 bits per heavy atom. The fraction of sp³-hybridized carbons (Fsp3) is 0.0545. The number of hydrogen-bond acceptors (Lipinski definition) is 4. The van der Waals surface area contributed by atoms with Gasteiger partial charge in [-0.25, -0.2) is 0 Å². The topological polar surface area (TPSA) is 32.8 Å². The number of nitrogens with zero attached hydrogens (tertiary/aromatic N) is 2. The van der Waals surface area contributed by atoms with Gasteiger partial charge >= 0.3 is 0 Å². The maximum atomic E-state index is 6.44. The standard InChI is InChI=1S/C55H38N2O2/c1-55(2)48-31-37(23-27-42(48)43-28-24-38(32-49(43)55)57(36-15-4-3-5-16-36)50-20-12-14-35-13-6-7-17-41(35)50)56(39-25-29-46-44-18-8-10-21-51(44)58-53(46)33-39)40-26-30-47-45-19-9-11-22-52(45)59-54(47)34-40/h3-34H,1-2H3. The number of rotatable bonds is 6. The lowest BCUT2D eigenvalue weighted by Gasteiger charge is -2.29. The molecule has 1 aliphatic carbocycles. The minimum Gasteiger partial charge on any atom is -0.456 e. The van der Waals surface area contributed by atoms with Crippen molar-refractivity contribution in [2.75, 3.05) is 9.80 Å². The lowest BCUT2D eigenvalue weighted by Crippen LogP contribution is -2.17. The third-order valence-electron chi connectivity index (χ3n) is 12.4. The number of anilines is 6. The number of hydrogen-bond donors (Lipinski definition) is 0. The highest BCUT2D eigenvalue weighted by molar-refractivity contribution is 6.08. The second-order valence-corrected chi connectivity index (χ2v) is 16.1. The average Bonchev–Trinajstić information content (AvgIpc) is 3.91. The van der Waals surface area contributed by atoms with E-state index < -0.39 is 0 Å². The Balaban J connectivity index is 1.01. The molecule has 0 amide bonds. The number of para-hydroxylation sites is 3. The van der Waals surface area contributed by atoms with E-state index in [2.05, 4.69) is 194 Å². The third-order valence-corrected chi connectivity index (χ3v) is 12.4. The van der Waals surface area contributed by atoms with Crippen molar-refractivity contribution in [3.05, 3.63) is 205 Å². The van der Waals surface area contributed by atoms with Crippen LogP contribution in [0.3, 0.4) is 0 Å². The summed E-state index contributed by atoms with van der Waals surface area (Å²) in [6.07, 6.45) is 0. The van der Waals surface area contributed by atoms with E-state index in [-0.39, 0.29) is 5.41 Å². The van der Waals surface area contributed by atoms with Gasteiger partial charge in [0, 0.05) is 72.9 Å². The summed E-state index contributed by atoms with van der Waals surface area (Å²) in [6.45, 7) is 4.72. The minimum absolute atomic E-state index is 0.283. The highest BCUT2D eigenvalue weighted by Crippen LogP contribution is 2.53. The summed E-state index contributed by atoms with van der Waals surface area (Å²) >= 11 is 0. The summed E-state index contributed by atoms with van der Waals surface area (Å²) < 4.78 is 12.9. The molecule has 2 heterocycles. The summed E-state index contributed by atoms with van der Waals surface area (Å²) in [6, 6.07) is 69.5. The van der Waals surface area contributed by atoms with Gasteiger partial charge in [-0.3, -0.25) is 0 Å². The maximum Gasteiger partial charge on any atom is 0.137 e. The lowest BCUT2D eigenvalue weighted by molar-refractivity contribution is 0.660. The Morgan fingerprint density at radius 3 is 1.41 bits per heavy atom. The first-order valence-corrected chi connectivity index (χ1v) is 20.2. The molecule has 0 unspecified atom stereocenters. The quantitative estimate of drug-likeness (QED) is 0.169. The van der Waals surface area contributed by atoms with Gasteiger partial charge in [-0.15, -0.1) is 0 Å². The first kappa shape index (κ1) is 33.6.